The Hall–Kier alpha value is -1.25. The topological polar surface area (TPSA) is 60.2 Å². The second-order valence-electron chi connectivity index (χ2n) is 4.95. The van der Waals surface area contributed by atoms with Crippen LogP contribution in [0.25, 0.3) is 10.4 Å². The minimum absolute atomic E-state index is 0.193. The average molecular weight is 378 g/mol. The third-order valence-electron chi connectivity index (χ3n) is 3.39. The van der Waals surface area contributed by atoms with Crippen LogP contribution in [-0.2, 0) is 10.0 Å². The summed E-state index contributed by atoms with van der Waals surface area (Å²) in [6.45, 7) is 0. The van der Waals surface area contributed by atoms with E-state index in [1.807, 2.05) is 30.3 Å². The first kappa shape index (κ1) is 15.3. The Kier molecular flexibility index (Phi) is 3.78. The number of sulfonamides is 1. The molecule has 2 aromatic carbocycles. The Morgan fingerprint density at radius 3 is 2.17 bits per heavy atom. The molecule has 23 heavy (non-hydrogen) atoms. The molecule has 116 valence electrons. The van der Waals surface area contributed by atoms with E-state index in [9.17, 15) is 8.42 Å². The first-order valence-corrected chi connectivity index (χ1v) is 10.7. The van der Waals surface area contributed by atoms with Gasteiger partial charge in [-0.2, -0.15) is 0 Å². The Morgan fingerprint density at radius 1 is 0.783 bits per heavy atom. The molecule has 0 unspecified atom stereocenters. The van der Waals surface area contributed by atoms with E-state index in [2.05, 4.69) is 18.2 Å². The number of hydrogen-bond acceptors (Lipinski definition) is 5. The number of nitrogens with two attached hydrogens (primary N) is 1. The second-order valence-corrected chi connectivity index (χ2v) is 9.96. The number of benzene rings is 2. The number of fused-ring (bicyclic) bond motifs is 2. The van der Waals surface area contributed by atoms with Gasteiger partial charge in [-0.15, -0.1) is 11.3 Å². The largest absolute Gasteiger partial charge is 0.247 e. The lowest BCUT2D eigenvalue weighted by molar-refractivity contribution is 0.600. The minimum Gasteiger partial charge on any atom is -0.224 e. The number of primary sulfonamides is 1. The fourth-order valence-corrected chi connectivity index (χ4v) is 6.58. The number of thiophene rings is 1. The van der Waals surface area contributed by atoms with Crippen molar-refractivity contribution < 1.29 is 8.42 Å². The van der Waals surface area contributed by atoms with Crippen molar-refractivity contribution in [2.75, 3.05) is 0 Å². The number of hydrogen-bond donors (Lipinski definition) is 1. The maximum Gasteiger partial charge on any atom is 0.247 e. The summed E-state index contributed by atoms with van der Waals surface area (Å²) in [5.41, 5.74) is 1.05. The molecule has 2 heterocycles. The fourth-order valence-electron chi connectivity index (χ4n) is 2.36. The van der Waals surface area contributed by atoms with E-state index in [0.717, 1.165) is 10.4 Å². The van der Waals surface area contributed by atoms with E-state index in [1.54, 1.807) is 29.6 Å². The molecule has 1 aliphatic rings. The highest BCUT2D eigenvalue weighted by Gasteiger charge is 2.21. The van der Waals surface area contributed by atoms with Crippen molar-refractivity contribution in [1.29, 1.82) is 0 Å². The van der Waals surface area contributed by atoms with Crippen molar-refractivity contribution in [2.45, 2.75) is 23.8 Å². The average Bonchev–Trinajstić information content (AvgIpc) is 3.02. The Labute approximate surface area is 147 Å². The van der Waals surface area contributed by atoms with Crippen molar-refractivity contribution in [2.24, 2.45) is 5.14 Å². The van der Waals surface area contributed by atoms with Gasteiger partial charge in [0.25, 0.3) is 0 Å². The highest BCUT2D eigenvalue weighted by atomic mass is 32.2. The summed E-state index contributed by atoms with van der Waals surface area (Å²) >= 11 is 4.68. The van der Waals surface area contributed by atoms with Crippen LogP contribution in [0.15, 0.2) is 78.4 Å². The molecule has 0 saturated carbocycles. The lowest BCUT2D eigenvalue weighted by Gasteiger charge is -2.20. The summed E-state index contributed by atoms with van der Waals surface area (Å²) in [6, 6.07) is 17.8. The normalized spacial score (nSPS) is 13.4. The molecule has 0 radical (unpaired) electrons. The molecule has 3 nitrogen and oxygen atoms in total. The lowest BCUT2D eigenvalue weighted by Crippen LogP contribution is -2.09. The summed E-state index contributed by atoms with van der Waals surface area (Å²) in [7, 11) is -3.65. The van der Waals surface area contributed by atoms with Gasteiger partial charge in [0.05, 0.1) is 0 Å². The number of rotatable bonds is 2. The second kappa shape index (κ2) is 5.68. The third kappa shape index (κ3) is 2.83. The molecule has 0 spiro atoms. The Balaban J connectivity index is 1.82. The van der Waals surface area contributed by atoms with Crippen molar-refractivity contribution in [3.8, 4) is 10.4 Å². The molecule has 7 heteroatoms. The zero-order valence-electron chi connectivity index (χ0n) is 11.7. The van der Waals surface area contributed by atoms with Gasteiger partial charge in [0.2, 0.25) is 10.0 Å². The van der Waals surface area contributed by atoms with Crippen LogP contribution < -0.4 is 5.14 Å². The van der Waals surface area contributed by atoms with Gasteiger partial charge in [-0.1, -0.05) is 47.8 Å². The zero-order valence-corrected chi connectivity index (χ0v) is 15.0. The summed E-state index contributed by atoms with van der Waals surface area (Å²) in [5, 5.41) is 5.22. The van der Waals surface area contributed by atoms with Crippen molar-refractivity contribution >= 4 is 44.9 Å². The molecule has 0 amide bonds. The summed E-state index contributed by atoms with van der Waals surface area (Å²) < 4.78 is 23.2. The van der Waals surface area contributed by atoms with E-state index < -0.39 is 10.0 Å². The van der Waals surface area contributed by atoms with Gasteiger partial charge < -0.3 is 0 Å². The lowest BCUT2D eigenvalue weighted by atomic mass is 10.2. The van der Waals surface area contributed by atoms with Gasteiger partial charge in [0.1, 0.15) is 4.21 Å². The minimum atomic E-state index is -3.65. The molecule has 1 aliphatic heterocycles. The SMILES string of the molecule is NS(=O)(=O)c1ccc(-c2cccc3c2Sc2ccccc2S3)s1. The van der Waals surface area contributed by atoms with Crippen molar-refractivity contribution in [3.05, 3.63) is 54.6 Å². The van der Waals surface area contributed by atoms with Crippen LogP contribution >= 0.6 is 34.9 Å². The molecule has 0 atom stereocenters. The molecule has 0 fully saturated rings. The van der Waals surface area contributed by atoms with Gasteiger partial charge in [0.15, 0.2) is 0 Å². The van der Waals surface area contributed by atoms with Crippen LogP contribution in [-0.4, -0.2) is 8.42 Å². The molecular weight excluding hydrogens is 366 g/mol. The van der Waals surface area contributed by atoms with Crippen LogP contribution in [0.5, 0.6) is 0 Å². The first-order valence-electron chi connectivity index (χ1n) is 6.73. The zero-order chi connectivity index (χ0) is 16.0. The van der Waals surface area contributed by atoms with Gasteiger partial charge >= 0.3 is 0 Å². The van der Waals surface area contributed by atoms with Crippen molar-refractivity contribution in [1.82, 2.24) is 0 Å². The van der Waals surface area contributed by atoms with Gasteiger partial charge in [-0.25, -0.2) is 13.6 Å². The van der Waals surface area contributed by atoms with Crippen molar-refractivity contribution in [3.63, 3.8) is 0 Å². The van der Waals surface area contributed by atoms with Gasteiger partial charge in [-0.3, -0.25) is 0 Å². The molecule has 3 aromatic rings. The van der Waals surface area contributed by atoms with E-state index in [1.165, 1.54) is 30.9 Å². The molecule has 1 aromatic heterocycles. The standard InChI is InChI=1S/C16H11NO2S4/c17-23(18,19)15-9-8-11(21-15)10-4-3-7-14-16(10)22-13-6-2-1-5-12(13)20-14/h1-9H,(H2,17,18,19). The smallest absolute Gasteiger partial charge is 0.224 e. The van der Waals surface area contributed by atoms with Crippen LogP contribution in [0.3, 0.4) is 0 Å². The van der Waals surface area contributed by atoms with Crippen LogP contribution in [0.1, 0.15) is 0 Å². The quantitative estimate of drug-likeness (QED) is 0.551. The summed E-state index contributed by atoms with van der Waals surface area (Å²) in [4.78, 5) is 5.74. The van der Waals surface area contributed by atoms with Crippen LogP contribution in [0.2, 0.25) is 0 Å². The predicted octanol–water partition coefficient (Wildman–Crippen LogP) is 4.68. The van der Waals surface area contributed by atoms with Gasteiger partial charge in [-0.05, 0) is 30.3 Å². The van der Waals surface area contributed by atoms with E-state index in [0.29, 0.717) is 0 Å². The molecular formula is C16H11NO2S4. The van der Waals surface area contributed by atoms with Gasteiger partial charge in [0, 0.05) is 30.0 Å². The summed E-state index contributed by atoms with van der Waals surface area (Å²) in [5.74, 6) is 0. The highest BCUT2D eigenvalue weighted by molar-refractivity contribution is 8.05. The maximum atomic E-state index is 11.5. The van der Waals surface area contributed by atoms with Crippen LogP contribution in [0, 0.1) is 0 Å². The monoisotopic (exact) mass is 377 g/mol. The molecule has 4 rings (SSSR count). The molecule has 0 aliphatic carbocycles. The molecule has 0 saturated heterocycles. The molecule has 0 bridgehead atoms. The van der Waals surface area contributed by atoms with E-state index in [-0.39, 0.29) is 4.21 Å². The third-order valence-corrected chi connectivity index (χ3v) is 8.56. The first-order chi connectivity index (χ1) is 11.0. The van der Waals surface area contributed by atoms with Crippen LogP contribution in [0.4, 0.5) is 0 Å². The van der Waals surface area contributed by atoms with E-state index >= 15 is 0 Å². The maximum absolute atomic E-state index is 11.5. The highest BCUT2D eigenvalue weighted by Crippen LogP contribution is 2.52. The Bertz CT molecular complexity index is 1010. The van der Waals surface area contributed by atoms with E-state index in [4.69, 9.17) is 5.14 Å². The fraction of sp³-hybridized carbons (Fsp3) is 0. The predicted molar refractivity (Wildman–Crippen MR) is 95.8 cm³/mol. The summed E-state index contributed by atoms with van der Waals surface area (Å²) in [6.07, 6.45) is 0. The Morgan fingerprint density at radius 2 is 1.48 bits per heavy atom. The molecule has 2 N–H and O–H groups in total.